The number of carbonyl (C=O) groups is 9. The van der Waals surface area contributed by atoms with Crippen LogP contribution in [0.3, 0.4) is 0 Å². The number of rotatable bonds is 16. The van der Waals surface area contributed by atoms with E-state index in [1.54, 1.807) is 26.0 Å². The molecule has 0 aromatic heterocycles. The molecule has 25 nitrogen and oxygen atoms in total. The van der Waals surface area contributed by atoms with Gasteiger partial charge in [0.2, 0.25) is 35.4 Å². The Hall–Kier alpha value is -7.83. The van der Waals surface area contributed by atoms with E-state index in [9.17, 15) is 58.5 Å². The van der Waals surface area contributed by atoms with Crippen LogP contribution in [0, 0.1) is 17.8 Å². The van der Waals surface area contributed by atoms with Crippen molar-refractivity contribution in [1.29, 1.82) is 0 Å². The van der Waals surface area contributed by atoms with Crippen LogP contribution in [0.5, 0.6) is 0 Å². The number of carbonyl (C=O) groups excluding carboxylic acids is 7. The highest BCUT2D eigenvalue weighted by molar-refractivity contribution is 6.00. The normalized spacial score (nSPS) is 24.8. The summed E-state index contributed by atoms with van der Waals surface area (Å²) < 4.78 is 0. The van der Waals surface area contributed by atoms with Crippen LogP contribution in [0.2, 0.25) is 0 Å². The first-order valence-electron chi connectivity index (χ1n) is 23.7. The highest BCUT2D eigenvalue weighted by atomic mass is 16.4. The molecule has 0 bridgehead atoms. The summed E-state index contributed by atoms with van der Waals surface area (Å²) in [4.78, 5) is 130. The van der Waals surface area contributed by atoms with Crippen LogP contribution in [-0.4, -0.2) is 148 Å². The minimum absolute atomic E-state index is 0.00659. The van der Waals surface area contributed by atoms with Gasteiger partial charge in [-0.25, -0.2) is 9.59 Å². The van der Waals surface area contributed by atoms with Gasteiger partial charge in [0.05, 0.1) is 24.0 Å². The van der Waals surface area contributed by atoms with Crippen molar-refractivity contribution in [2.24, 2.45) is 50.7 Å². The van der Waals surface area contributed by atoms with Gasteiger partial charge in [-0.2, -0.15) is 0 Å². The molecule has 0 saturated carbocycles. The molecule has 402 valence electrons. The molecular weight excluding hydrogens is 951 g/mol. The number of carboxylic acid groups (broad SMARTS) is 2. The summed E-state index contributed by atoms with van der Waals surface area (Å²) in [5, 5.41) is 46.2. The van der Waals surface area contributed by atoms with Gasteiger partial charge in [0.15, 0.2) is 11.9 Å². The van der Waals surface area contributed by atoms with Gasteiger partial charge in [0.25, 0.3) is 5.91 Å². The summed E-state index contributed by atoms with van der Waals surface area (Å²) >= 11 is 0. The van der Waals surface area contributed by atoms with Gasteiger partial charge in [0, 0.05) is 32.5 Å². The second-order valence-electron chi connectivity index (χ2n) is 17.9. The third-order valence-electron chi connectivity index (χ3n) is 11.9. The van der Waals surface area contributed by atoms with Crippen molar-refractivity contribution in [3.8, 4) is 0 Å². The number of aliphatic imine (C=N–C) groups is 2. The predicted molar refractivity (Wildman–Crippen MR) is 270 cm³/mol. The fourth-order valence-electron chi connectivity index (χ4n) is 7.24. The maximum absolute atomic E-state index is 14.4. The highest BCUT2D eigenvalue weighted by Gasteiger charge is 2.37. The lowest BCUT2D eigenvalue weighted by Gasteiger charge is -2.28. The van der Waals surface area contributed by atoms with Crippen LogP contribution in [0.25, 0.3) is 0 Å². The van der Waals surface area contributed by atoms with E-state index in [0.717, 1.165) is 10.5 Å². The molecule has 0 aliphatic carbocycles. The van der Waals surface area contributed by atoms with Gasteiger partial charge >= 0.3 is 11.9 Å². The van der Waals surface area contributed by atoms with Gasteiger partial charge in [0.1, 0.15) is 35.9 Å². The van der Waals surface area contributed by atoms with Gasteiger partial charge < -0.3 is 75.1 Å². The quantitative estimate of drug-likeness (QED) is 0.0279. The van der Waals surface area contributed by atoms with Crippen molar-refractivity contribution in [2.75, 3.05) is 20.1 Å². The molecule has 1 aromatic rings. The molecule has 10 atom stereocenters. The van der Waals surface area contributed by atoms with Crippen molar-refractivity contribution in [2.45, 2.75) is 122 Å². The molecule has 1 saturated heterocycles. The second kappa shape index (κ2) is 30.1. The lowest BCUT2D eigenvalue weighted by atomic mass is 9.94. The third kappa shape index (κ3) is 21.2. The Morgan fingerprint density at radius 3 is 1.84 bits per heavy atom. The third-order valence-corrected chi connectivity index (χ3v) is 11.9. The molecule has 1 fully saturated rings. The first-order chi connectivity index (χ1) is 34.2. The molecule has 0 radical (unpaired) electrons. The molecule has 17 N–H and O–H groups in total. The monoisotopic (exact) mass is 1020 g/mol. The molecular formula is C48H73N13O12. The Kier molecular flexibility index (Phi) is 25.3. The van der Waals surface area contributed by atoms with E-state index in [1.165, 1.54) is 33.9 Å². The zero-order valence-corrected chi connectivity index (χ0v) is 42.1. The number of likely N-dealkylation sites (N-methyl/N-ethyl adjacent to an activating group) is 1. The number of aliphatic hydroxyl groups excluding tert-OH is 1. The largest absolute Gasteiger partial charge is 0.480 e. The van der Waals surface area contributed by atoms with Gasteiger partial charge in [-0.15, -0.1) is 0 Å². The van der Waals surface area contributed by atoms with Gasteiger partial charge in [-0.3, -0.25) is 43.5 Å². The molecule has 0 spiro atoms. The van der Waals surface area contributed by atoms with E-state index in [2.05, 4.69) is 48.5 Å². The molecule has 1 heterocycles. The Labute approximate surface area is 424 Å². The average molecular weight is 1020 g/mol. The van der Waals surface area contributed by atoms with Crippen molar-refractivity contribution >= 4 is 65.2 Å². The number of carboxylic acids is 2. The maximum Gasteiger partial charge on any atom is 0.327 e. The minimum atomic E-state index is -1.96. The number of nitrogens with two attached hydrogens (primary N) is 4. The second-order valence-corrected chi connectivity index (χ2v) is 17.9. The van der Waals surface area contributed by atoms with Crippen LogP contribution in [0.4, 0.5) is 0 Å². The SMILES string of the molecule is C=C1C(=O)NC(C)C(=O)NC(CCCN=C(N)N)C(=O)NC(C(=O)O)C(C)C(=O)NC(CCCN=C(N)N)C(=O)NC(C=CC(C)=CC(C)C(O)Cc2ccccc2)C(C)C(=O)NC(C(=O)O)CCC(=O)N1C. The summed E-state index contributed by atoms with van der Waals surface area (Å²) in [7, 11) is 1.18. The number of hydrogen-bond acceptors (Lipinski definition) is 12. The van der Waals surface area contributed by atoms with Crippen LogP contribution < -0.4 is 54.8 Å². The number of guanidine groups is 2. The fourth-order valence-corrected chi connectivity index (χ4v) is 7.24. The maximum atomic E-state index is 14.4. The zero-order valence-electron chi connectivity index (χ0n) is 42.1. The van der Waals surface area contributed by atoms with E-state index < -0.39 is 126 Å². The Balaban J connectivity index is 2.73. The molecule has 1 aliphatic rings. The van der Waals surface area contributed by atoms with Crippen molar-refractivity contribution in [3.63, 3.8) is 0 Å². The number of allylic oxidation sites excluding steroid dienone is 2. The van der Waals surface area contributed by atoms with Crippen LogP contribution in [0.15, 0.2) is 76.4 Å². The highest BCUT2D eigenvalue weighted by Crippen LogP contribution is 2.17. The summed E-state index contributed by atoms with van der Waals surface area (Å²) in [5.74, 6) is -13.5. The number of aliphatic carboxylic acids is 2. The Morgan fingerprint density at radius 2 is 1.30 bits per heavy atom. The van der Waals surface area contributed by atoms with Crippen molar-refractivity contribution in [1.82, 2.24) is 36.8 Å². The van der Waals surface area contributed by atoms with E-state index in [-0.39, 0.29) is 56.6 Å². The molecule has 7 amide bonds. The summed E-state index contributed by atoms with van der Waals surface area (Å²) in [5.41, 5.74) is 22.9. The molecule has 73 heavy (non-hydrogen) atoms. The first-order valence-corrected chi connectivity index (χ1v) is 23.7. The standard InChI is InChI=1S/C48H73N13O12/c1-25(23-26(2)36(62)24-31-13-9-8-10-14-31)17-18-32-27(3)39(64)59-35(45(70)71)19-20-37(63)61(7)30(6)42(67)55-29(5)41(66)58-34(16-12-22-54-48(51)52)44(69)60-38(46(72)73)28(4)40(65)57-33(43(68)56-32)15-11-21-53-47(49)50/h8-10,13-14,17-18,23,26-29,32-36,38,62H,6,11-12,15-16,19-22,24H2,1-5,7H3,(H,55,67)(H,56,68)(H,57,65)(H,58,66)(H,59,64)(H,60,69)(H,70,71)(H,72,73)(H4,49,50,53)(H4,51,52,54). The predicted octanol–water partition coefficient (Wildman–Crippen LogP) is -2.03. The zero-order chi connectivity index (χ0) is 55.1. The van der Waals surface area contributed by atoms with Crippen molar-refractivity contribution in [3.05, 3.63) is 72.0 Å². The molecule has 1 aliphatic heterocycles. The number of benzene rings is 1. The number of aliphatic hydroxyl groups is 1. The smallest absolute Gasteiger partial charge is 0.327 e. The molecule has 1 aromatic carbocycles. The van der Waals surface area contributed by atoms with E-state index in [4.69, 9.17) is 22.9 Å². The topological polar surface area (TPSA) is 419 Å². The van der Waals surface area contributed by atoms with Crippen LogP contribution in [-0.2, 0) is 49.6 Å². The van der Waals surface area contributed by atoms with Gasteiger partial charge in [-0.1, -0.05) is 81.5 Å². The van der Waals surface area contributed by atoms with Gasteiger partial charge in [-0.05, 0) is 57.9 Å². The summed E-state index contributed by atoms with van der Waals surface area (Å²) in [6.07, 6.45) is 3.27. The van der Waals surface area contributed by atoms with Crippen molar-refractivity contribution < 1.29 is 58.5 Å². The number of amides is 7. The van der Waals surface area contributed by atoms with E-state index in [1.807, 2.05) is 30.3 Å². The number of nitrogens with one attached hydrogen (secondary N) is 6. The minimum Gasteiger partial charge on any atom is -0.480 e. The number of nitrogens with zero attached hydrogens (tertiary/aromatic N) is 3. The summed E-state index contributed by atoms with van der Waals surface area (Å²) in [6, 6.07) is 0.164. The summed E-state index contributed by atoms with van der Waals surface area (Å²) in [6.45, 7) is 11.0. The van der Waals surface area contributed by atoms with E-state index >= 15 is 0 Å². The van der Waals surface area contributed by atoms with Crippen LogP contribution in [0.1, 0.15) is 78.7 Å². The van der Waals surface area contributed by atoms with E-state index in [0.29, 0.717) is 12.0 Å². The fraction of sp³-hybridized carbons (Fsp3) is 0.521. The first kappa shape index (κ1) is 61.3. The molecule has 2 rings (SSSR count). The lowest BCUT2D eigenvalue weighted by molar-refractivity contribution is -0.146. The Bertz CT molecular complexity index is 2260. The lowest BCUT2D eigenvalue weighted by Crippen LogP contribution is -2.59. The molecule has 25 heteroatoms. The molecule has 10 unspecified atom stereocenters. The average Bonchev–Trinajstić information content (AvgIpc) is 3.33. The number of hydrogen-bond donors (Lipinski definition) is 13. The Morgan fingerprint density at radius 1 is 0.767 bits per heavy atom. The van der Waals surface area contributed by atoms with Crippen LogP contribution >= 0.6 is 0 Å².